The van der Waals surface area contributed by atoms with E-state index in [4.69, 9.17) is 16.3 Å². The monoisotopic (exact) mass is 585 g/mol. The van der Waals surface area contributed by atoms with Crippen molar-refractivity contribution in [3.8, 4) is 5.75 Å². The molecule has 0 spiro atoms. The van der Waals surface area contributed by atoms with Gasteiger partial charge in [-0.3, -0.25) is 13.9 Å². The summed E-state index contributed by atoms with van der Waals surface area (Å²) in [6, 6.07) is 20.6. The Hall–Kier alpha value is -3.56. The molecule has 0 heterocycles. The third-order valence-electron chi connectivity index (χ3n) is 6.13. The maximum Gasteiger partial charge on any atom is 0.264 e. The van der Waals surface area contributed by atoms with Crippen molar-refractivity contribution >= 4 is 39.1 Å². The Morgan fingerprint density at radius 2 is 1.55 bits per heavy atom. The number of hydrogen-bond donors (Lipinski definition) is 1. The Morgan fingerprint density at radius 1 is 0.925 bits per heavy atom. The zero-order valence-corrected chi connectivity index (χ0v) is 24.8. The van der Waals surface area contributed by atoms with E-state index in [1.54, 1.807) is 66.7 Å². The molecule has 3 rings (SSSR count). The fourth-order valence-corrected chi connectivity index (χ4v) is 5.75. The molecule has 0 saturated carbocycles. The molecular weight excluding hydrogens is 550 g/mol. The molecule has 0 bridgehead atoms. The van der Waals surface area contributed by atoms with Crippen LogP contribution in [0.15, 0.2) is 83.8 Å². The summed E-state index contributed by atoms with van der Waals surface area (Å²) in [5.41, 5.74) is 1.09. The van der Waals surface area contributed by atoms with Crippen LogP contribution in [-0.4, -0.2) is 50.4 Å². The molecule has 0 saturated heterocycles. The molecule has 10 heteroatoms. The summed E-state index contributed by atoms with van der Waals surface area (Å²) >= 11 is 6.05. The topological polar surface area (TPSA) is 96.0 Å². The predicted molar refractivity (Wildman–Crippen MR) is 158 cm³/mol. The zero-order chi connectivity index (χ0) is 29.3. The molecule has 0 radical (unpaired) electrons. The highest BCUT2D eigenvalue weighted by Gasteiger charge is 2.33. The van der Waals surface area contributed by atoms with E-state index in [0.29, 0.717) is 29.5 Å². The van der Waals surface area contributed by atoms with Crippen LogP contribution in [0.25, 0.3) is 0 Å². The van der Waals surface area contributed by atoms with E-state index in [-0.39, 0.29) is 23.4 Å². The molecule has 1 N–H and O–H groups in total. The molecule has 0 aliphatic heterocycles. The first-order chi connectivity index (χ1) is 19.1. The number of carbonyl (C=O) groups is 2. The Kier molecular flexibility index (Phi) is 11.0. The molecule has 8 nitrogen and oxygen atoms in total. The fourth-order valence-electron chi connectivity index (χ4n) is 4.21. The molecular formula is C30H36ClN3O5S. The number of ether oxygens (including phenoxy) is 1. The molecule has 0 unspecified atom stereocenters. The van der Waals surface area contributed by atoms with E-state index in [0.717, 1.165) is 9.87 Å². The lowest BCUT2D eigenvalue weighted by atomic mass is 10.1. The van der Waals surface area contributed by atoms with Crippen LogP contribution in [-0.2, 0) is 26.2 Å². The van der Waals surface area contributed by atoms with E-state index in [9.17, 15) is 18.0 Å². The summed E-state index contributed by atoms with van der Waals surface area (Å²) in [7, 11) is -4.15. The molecule has 3 aromatic carbocycles. The van der Waals surface area contributed by atoms with Gasteiger partial charge in [0.25, 0.3) is 10.0 Å². The van der Waals surface area contributed by atoms with E-state index < -0.39 is 28.5 Å². The number of sulfonamides is 1. The normalized spacial score (nSPS) is 12.1. The summed E-state index contributed by atoms with van der Waals surface area (Å²) in [5, 5.41) is 3.43. The second kappa shape index (κ2) is 14.2. The van der Waals surface area contributed by atoms with E-state index in [1.807, 2.05) is 27.7 Å². The third kappa shape index (κ3) is 7.99. The SMILES string of the molecule is CCOc1ccc(S(=O)(=O)N(CC(=O)N(Cc2ccc(Cl)cc2)[C@@H](CC)C(=O)NC(C)C)c2ccccc2)cc1. The van der Waals surface area contributed by atoms with E-state index >= 15 is 0 Å². The van der Waals surface area contributed by atoms with Crippen LogP contribution in [0.1, 0.15) is 39.7 Å². The predicted octanol–water partition coefficient (Wildman–Crippen LogP) is 5.27. The number of amides is 2. The smallest absolute Gasteiger partial charge is 0.264 e. The molecule has 0 aliphatic rings. The first kappa shape index (κ1) is 31.0. The Balaban J connectivity index is 2.02. The number of nitrogens with one attached hydrogen (secondary N) is 1. The summed E-state index contributed by atoms with van der Waals surface area (Å²) in [5.74, 6) is -0.278. The van der Waals surface area contributed by atoms with Gasteiger partial charge >= 0.3 is 0 Å². The van der Waals surface area contributed by atoms with Gasteiger partial charge in [0.05, 0.1) is 17.2 Å². The number of rotatable bonds is 13. The van der Waals surface area contributed by atoms with Gasteiger partial charge in [-0.05, 0) is 81.3 Å². The quantitative estimate of drug-likeness (QED) is 0.295. The summed E-state index contributed by atoms with van der Waals surface area (Å²) in [6.07, 6.45) is 0.342. The minimum absolute atomic E-state index is 0.0152. The highest BCUT2D eigenvalue weighted by atomic mass is 35.5. The van der Waals surface area contributed by atoms with E-state index in [2.05, 4.69) is 5.32 Å². The Morgan fingerprint density at radius 3 is 2.10 bits per heavy atom. The zero-order valence-electron chi connectivity index (χ0n) is 23.2. The number of hydrogen-bond acceptors (Lipinski definition) is 5. The summed E-state index contributed by atoms with van der Waals surface area (Å²) in [4.78, 5) is 28.6. The molecule has 214 valence electrons. The number of carbonyl (C=O) groups excluding carboxylic acids is 2. The van der Waals surface area contributed by atoms with Gasteiger partial charge in [-0.2, -0.15) is 0 Å². The van der Waals surface area contributed by atoms with Crippen molar-refractivity contribution in [2.24, 2.45) is 0 Å². The van der Waals surface area contributed by atoms with Gasteiger partial charge in [0.1, 0.15) is 18.3 Å². The minimum Gasteiger partial charge on any atom is -0.494 e. The standard InChI is InChI=1S/C30H36ClN3O5S/c1-5-28(30(36)32-22(3)4)33(20-23-12-14-24(31)15-13-23)29(35)21-34(25-10-8-7-9-11-25)40(37,38)27-18-16-26(17-19-27)39-6-2/h7-19,22,28H,5-6,20-21H2,1-4H3,(H,32,36)/t28-/m0/s1. The van der Waals surface area contributed by atoms with Crippen molar-refractivity contribution in [2.45, 2.75) is 57.6 Å². The summed E-state index contributed by atoms with van der Waals surface area (Å²) < 4.78 is 34.3. The van der Waals surface area contributed by atoms with Gasteiger partial charge in [0.15, 0.2) is 0 Å². The first-order valence-electron chi connectivity index (χ1n) is 13.2. The van der Waals surface area contributed by atoms with Crippen molar-refractivity contribution < 1.29 is 22.7 Å². The molecule has 0 aromatic heterocycles. The van der Waals surface area contributed by atoms with Gasteiger partial charge in [-0.25, -0.2) is 8.42 Å². The highest BCUT2D eigenvalue weighted by molar-refractivity contribution is 7.92. The second-order valence-electron chi connectivity index (χ2n) is 9.49. The van der Waals surface area contributed by atoms with Crippen molar-refractivity contribution in [1.29, 1.82) is 0 Å². The van der Waals surface area contributed by atoms with Crippen molar-refractivity contribution in [3.05, 3.63) is 89.4 Å². The molecule has 1 atom stereocenters. The second-order valence-corrected chi connectivity index (χ2v) is 11.8. The lowest BCUT2D eigenvalue weighted by Crippen LogP contribution is -2.53. The van der Waals surface area contributed by atoms with Gasteiger partial charge in [0, 0.05) is 17.6 Å². The average Bonchev–Trinajstić information content (AvgIpc) is 2.93. The Labute approximate surface area is 241 Å². The lowest BCUT2D eigenvalue weighted by molar-refractivity contribution is -0.140. The maximum absolute atomic E-state index is 14.0. The fraction of sp³-hybridized carbons (Fsp3) is 0.333. The van der Waals surface area contributed by atoms with Crippen LogP contribution in [0.2, 0.25) is 5.02 Å². The largest absolute Gasteiger partial charge is 0.494 e. The van der Waals surface area contributed by atoms with Crippen LogP contribution in [0.4, 0.5) is 5.69 Å². The number of benzene rings is 3. The molecule has 2 amide bonds. The van der Waals surface area contributed by atoms with Crippen LogP contribution in [0.3, 0.4) is 0 Å². The Bertz CT molecular complexity index is 1360. The third-order valence-corrected chi connectivity index (χ3v) is 8.17. The average molecular weight is 586 g/mol. The van der Waals surface area contributed by atoms with Crippen LogP contribution in [0, 0.1) is 0 Å². The molecule has 0 fully saturated rings. The number of nitrogens with zero attached hydrogens (tertiary/aromatic N) is 2. The van der Waals surface area contributed by atoms with Crippen molar-refractivity contribution in [1.82, 2.24) is 10.2 Å². The van der Waals surface area contributed by atoms with Crippen LogP contribution < -0.4 is 14.4 Å². The molecule has 40 heavy (non-hydrogen) atoms. The number of halogens is 1. The number of anilines is 1. The molecule has 0 aliphatic carbocycles. The highest BCUT2D eigenvalue weighted by Crippen LogP contribution is 2.26. The van der Waals surface area contributed by atoms with Gasteiger partial charge in [-0.1, -0.05) is 48.9 Å². The first-order valence-corrected chi connectivity index (χ1v) is 15.0. The van der Waals surface area contributed by atoms with Gasteiger partial charge in [0.2, 0.25) is 11.8 Å². The van der Waals surface area contributed by atoms with Gasteiger partial charge in [-0.15, -0.1) is 0 Å². The number of para-hydroxylation sites is 1. The van der Waals surface area contributed by atoms with E-state index in [1.165, 1.54) is 17.0 Å². The van der Waals surface area contributed by atoms with Gasteiger partial charge < -0.3 is 15.0 Å². The maximum atomic E-state index is 14.0. The van der Waals surface area contributed by atoms with Crippen molar-refractivity contribution in [3.63, 3.8) is 0 Å². The summed E-state index contributed by atoms with van der Waals surface area (Å²) in [6.45, 7) is 7.40. The molecule has 3 aromatic rings. The van der Waals surface area contributed by atoms with Crippen LogP contribution >= 0.6 is 11.6 Å². The lowest BCUT2D eigenvalue weighted by Gasteiger charge is -2.33. The van der Waals surface area contributed by atoms with Crippen LogP contribution in [0.5, 0.6) is 5.75 Å². The van der Waals surface area contributed by atoms with Crippen molar-refractivity contribution in [2.75, 3.05) is 17.5 Å². The minimum atomic E-state index is -4.15.